The quantitative estimate of drug-likeness (QED) is 0.276. The van der Waals surface area contributed by atoms with Crippen molar-refractivity contribution in [2.24, 2.45) is 0 Å². The molecule has 1 saturated heterocycles. The standard InChI is InChI=1S/C26H19Br2FN2O5S/c1-35-21-11-16(10-20(28)24(21)36-14-15-2-6-18(29)7-3-15)12-22-25(33)31(26(34)37-22)13-23(32)30-19-8-4-17(27)5-9-19/h2-12H,13-14H2,1H3,(H,30,32)/b22-12+. The third-order valence-electron chi connectivity index (χ3n) is 5.15. The van der Waals surface area contributed by atoms with Crippen molar-refractivity contribution in [3.63, 3.8) is 0 Å². The van der Waals surface area contributed by atoms with Crippen LogP contribution in [0.5, 0.6) is 11.5 Å². The number of carbonyl (C=O) groups excluding carboxylic acids is 3. The fourth-order valence-electron chi connectivity index (χ4n) is 3.36. The SMILES string of the molecule is COc1cc(/C=C2/SC(=O)N(CC(=O)Nc3ccc(Br)cc3)C2=O)cc(Br)c1OCc1ccc(F)cc1. The first kappa shape index (κ1) is 26.9. The first-order valence-corrected chi connectivity index (χ1v) is 13.2. The second-order valence-electron chi connectivity index (χ2n) is 7.77. The molecule has 3 amide bonds. The number of nitrogens with one attached hydrogen (secondary N) is 1. The van der Waals surface area contributed by atoms with Gasteiger partial charge in [0, 0.05) is 10.2 Å². The number of hydrogen-bond donors (Lipinski definition) is 1. The van der Waals surface area contributed by atoms with E-state index in [1.54, 1.807) is 54.6 Å². The first-order valence-electron chi connectivity index (χ1n) is 10.8. The summed E-state index contributed by atoms with van der Waals surface area (Å²) in [6.45, 7) is -0.211. The van der Waals surface area contributed by atoms with E-state index >= 15 is 0 Å². The van der Waals surface area contributed by atoms with E-state index in [0.717, 1.165) is 26.7 Å². The molecule has 0 unspecified atom stereocenters. The second kappa shape index (κ2) is 11.9. The fraction of sp³-hybridized carbons (Fsp3) is 0.115. The highest BCUT2D eigenvalue weighted by Crippen LogP contribution is 2.39. The number of benzene rings is 3. The monoisotopic (exact) mass is 648 g/mol. The molecule has 3 aromatic carbocycles. The first-order chi connectivity index (χ1) is 17.7. The highest BCUT2D eigenvalue weighted by Gasteiger charge is 2.36. The molecule has 0 aliphatic carbocycles. The van der Waals surface area contributed by atoms with Crippen LogP contribution in [-0.4, -0.2) is 35.6 Å². The molecule has 1 aliphatic heterocycles. The molecule has 1 aliphatic rings. The van der Waals surface area contributed by atoms with E-state index in [0.29, 0.717) is 27.2 Å². The molecular formula is C26H19Br2FN2O5S. The Morgan fingerprint density at radius 2 is 1.78 bits per heavy atom. The van der Waals surface area contributed by atoms with Crippen molar-refractivity contribution in [1.29, 1.82) is 0 Å². The summed E-state index contributed by atoms with van der Waals surface area (Å²) in [4.78, 5) is 38.8. The Morgan fingerprint density at radius 3 is 2.46 bits per heavy atom. The molecule has 0 atom stereocenters. The number of anilines is 1. The predicted octanol–water partition coefficient (Wildman–Crippen LogP) is 6.61. The lowest BCUT2D eigenvalue weighted by Gasteiger charge is -2.14. The molecule has 0 radical (unpaired) electrons. The zero-order valence-electron chi connectivity index (χ0n) is 19.3. The number of amides is 3. The summed E-state index contributed by atoms with van der Waals surface area (Å²) in [5.74, 6) is -0.551. The molecule has 190 valence electrons. The zero-order chi connectivity index (χ0) is 26.5. The number of thioether (sulfide) groups is 1. The summed E-state index contributed by atoms with van der Waals surface area (Å²) >= 11 is 7.54. The van der Waals surface area contributed by atoms with Crippen molar-refractivity contribution in [1.82, 2.24) is 4.90 Å². The molecule has 3 aromatic rings. The van der Waals surface area contributed by atoms with Gasteiger partial charge in [-0.3, -0.25) is 19.3 Å². The average Bonchev–Trinajstić information content (AvgIpc) is 3.12. The topological polar surface area (TPSA) is 84.9 Å². The van der Waals surface area contributed by atoms with Gasteiger partial charge in [0.1, 0.15) is 19.0 Å². The second-order valence-corrected chi connectivity index (χ2v) is 10.5. The number of methoxy groups -OCH3 is 1. The van der Waals surface area contributed by atoms with Crippen LogP contribution in [0.2, 0.25) is 0 Å². The molecular weight excluding hydrogens is 631 g/mol. The number of rotatable bonds is 8. The summed E-state index contributed by atoms with van der Waals surface area (Å²) in [6, 6.07) is 16.3. The lowest BCUT2D eigenvalue weighted by atomic mass is 10.1. The number of halogens is 3. The van der Waals surface area contributed by atoms with Crippen LogP contribution in [0.1, 0.15) is 11.1 Å². The molecule has 1 fully saturated rings. The average molecular weight is 650 g/mol. The van der Waals surface area contributed by atoms with Crippen molar-refractivity contribution in [2.75, 3.05) is 19.0 Å². The number of carbonyl (C=O) groups is 3. The van der Waals surface area contributed by atoms with E-state index in [9.17, 15) is 18.8 Å². The van der Waals surface area contributed by atoms with Gasteiger partial charge >= 0.3 is 0 Å². The molecule has 4 rings (SSSR count). The predicted molar refractivity (Wildman–Crippen MR) is 147 cm³/mol. The van der Waals surface area contributed by atoms with Crippen molar-refractivity contribution in [2.45, 2.75) is 6.61 Å². The summed E-state index contributed by atoms with van der Waals surface area (Å²) in [6.07, 6.45) is 1.55. The lowest BCUT2D eigenvalue weighted by molar-refractivity contribution is -0.127. The minimum Gasteiger partial charge on any atom is -0.493 e. The highest BCUT2D eigenvalue weighted by atomic mass is 79.9. The van der Waals surface area contributed by atoms with E-state index in [-0.39, 0.29) is 17.3 Å². The molecule has 1 heterocycles. The van der Waals surface area contributed by atoms with Crippen molar-refractivity contribution in [3.8, 4) is 11.5 Å². The maximum atomic E-state index is 13.1. The minimum absolute atomic E-state index is 0.176. The van der Waals surface area contributed by atoms with E-state index in [1.165, 1.54) is 19.2 Å². The van der Waals surface area contributed by atoms with Gasteiger partial charge < -0.3 is 14.8 Å². The lowest BCUT2D eigenvalue weighted by Crippen LogP contribution is -2.36. The minimum atomic E-state index is -0.562. The highest BCUT2D eigenvalue weighted by molar-refractivity contribution is 9.10. The number of imide groups is 1. The summed E-state index contributed by atoms with van der Waals surface area (Å²) in [5.41, 5.74) is 1.91. The Bertz CT molecular complexity index is 1380. The number of nitrogens with zero attached hydrogens (tertiary/aromatic N) is 1. The molecule has 1 N–H and O–H groups in total. The Kier molecular flexibility index (Phi) is 8.67. The van der Waals surface area contributed by atoms with Gasteiger partial charge in [-0.25, -0.2) is 4.39 Å². The van der Waals surface area contributed by atoms with Crippen molar-refractivity contribution >= 4 is 72.4 Å². The van der Waals surface area contributed by atoms with E-state index < -0.39 is 23.6 Å². The Balaban J connectivity index is 1.46. The summed E-state index contributed by atoms with van der Waals surface area (Å²) in [7, 11) is 1.48. The van der Waals surface area contributed by atoms with Gasteiger partial charge in [-0.05, 0) is 93.4 Å². The smallest absolute Gasteiger partial charge is 0.294 e. The largest absolute Gasteiger partial charge is 0.493 e. The van der Waals surface area contributed by atoms with Crippen molar-refractivity contribution in [3.05, 3.63) is 91.5 Å². The normalized spacial score (nSPS) is 14.3. The molecule has 7 nitrogen and oxygen atoms in total. The zero-order valence-corrected chi connectivity index (χ0v) is 23.3. The van der Waals surface area contributed by atoms with Crippen LogP contribution in [-0.2, 0) is 16.2 Å². The van der Waals surface area contributed by atoms with Crippen LogP contribution in [0, 0.1) is 5.82 Å². The van der Waals surface area contributed by atoms with Crippen LogP contribution in [0.25, 0.3) is 6.08 Å². The van der Waals surface area contributed by atoms with Gasteiger partial charge in [0.2, 0.25) is 5.91 Å². The Hall–Kier alpha value is -3.15. The van der Waals surface area contributed by atoms with E-state index in [4.69, 9.17) is 9.47 Å². The van der Waals surface area contributed by atoms with Gasteiger partial charge in [0.25, 0.3) is 11.1 Å². The number of ether oxygens (including phenoxy) is 2. The number of hydrogen-bond acceptors (Lipinski definition) is 6. The van der Waals surface area contributed by atoms with Gasteiger partial charge in [0.05, 0.1) is 16.5 Å². The molecule has 37 heavy (non-hydrogen) atoms. The van der Waals surface area contributed by atoms with Crippen LogP contribution < -0.4 is 14.8 Å². The fourth-order valence-corrected chi connectivity index (χ4v) is 5.04. The van der Waals surface area contributed by atoms with Crippen LogP contribution in [0.3, 0.4) is 0 Å². The Labute approximate surface area is 233 Å². The third-order valence-corrected chi connectivity index (χ3v) is 7.17. The van der Waals surface area contributed by atoms with E-state index in [2.05, 4.69) is 37.2 Å². The van der Waals surface area contributed by atoms with Gasteiger partial charge in [-0.15, -0.1) is 0 Å². The molecule has 0 spiro atoms. The van der Waals surface area contributed by atoms with Gasteiger partial charge in [-0.2, -0.15) is 0 Å². The summed E-state index contributed by atoms with van der Waals surface area (Å²) in [5, 5.41) is 2.13. The van der Waals surface area contributed by atoms with Crippen LogP contribution in [0.4, 0.5) is 14.9 Å². The van der Waals surface area contributed by atoms with Crippen LogP contribution >= 0.6 is 43.6 Å². The summed E-state index contributed by atoms with van der Waals surface area (Å²) < 4.78 is 25.9. The van der Waals surface area contributed by atoms with Crippen molar-refractivity contribution < 1.29 is 28.2 Å². The molecule has 11 heteroatoms. The van der Waals surface area contributed by atoms with E-state index in [1.807, 2.05) is 0 Å². The van der Waals surface area contributed by atoms with Crippen LogP contribution in [0.15, 0.2) is 74.5 Å². The Morgan fingerprint density at radius 1 is 1.08 bits per heavy atom. The molecule has 0 aromatic heterocycles. The third kappa shape index (κ3) is 6.79. The molecule has 0 bridgehead atoms. The maximum Gasteiger partial charge on any atom is 0.294 e. The molecule has 0 saturated carbocycles. The van der Waals surface area contributed by atoms with Gasteiger partial charge in [-0.1, -0.05) is 28.1 Å². The maximum absolute atomic E-state index is 13.1. The van der Waals surface area contributed by atoms with Gasteiger partial charge in [0.15, 0.2) is 11.5 Å².